The van der Waals surface area contributed by atoms with Crippen LogP contribution < -0.4 is 5.73 Å². The Morgan fingerprint density at radius 2 is 2.11 bits per heavy atom. The third-order valence-corrected chi connectivity index (χ3v) is 3.71. The quantitative estimate of drug-likeness (QED) is 0.863. The highest BCUT2D eigenvalue weighted by Crippen LogP contribution is 2.21. The Balaban J connectivity index is 2.07. The smallest absolute Gasteiger partial charge is 0.312 e. The van der Waals surface area contributed by atoms with Gasteiger partial charge in [0.2, 0.25) is 0 Å². The molecule has 4 heteroatoms. The molecule has 4 nitrogen and oxygen atoms in total. The van der Waals surface area contributed by atoms with Gasteiger partial charge in [0, 0.05) is 25.7 Å². The first kappa shape index (κ1) is 14.0. The minimum absolute atomic E-state index is 0.161. The molecule has 104 valence electrons. The summed E-state index contributed by atoms with van der Waals surface area (Å²) >= 11 is 0. The Kier molecular flexibility index (Phi) is 4.56. The van der Waals surface area contributed by atoms with Crippen molar-refractivity contribution in [1.82, 2.24) is 4.90 Å². The maximum absolute atomic E-state index is 11.5. The zero-order valence-electron chi connectivity index (χ0n) is 11.3. The first-order valence-corrected chi connectivity index (χ1v) is 6.82. The van der Waals surface area contributed by atoms with E-state index in [1.54, 1.807) is 0 Å². The van der Waals surface area contributed by atoms with E-state index in [-0.39, 0.29) is 6.04 Å². The summed E-state index contributed by atoms with van der Waals surface area (Å²) in [5, 5.41) is 9.43. The highest BCUT2D eigenvalue weighted by atomic mass is 16.4. The molecule has 1 aromatic carbocycles. The number of hydrogen-bond donors (Lipinski definition) is 2. The number of carboxylic acids is 1. The average molecular weight is 262 g/mol. The van der Waals surface area contributed by atoms with E-state index >= 15 is 0 Å². The fraction of sp³-hybridized carbons (Fsp3) is 0.533. The van der Waals surface area contributed by atoms with Gasteiger partial charge in [0.05, 0.1) is 5.92 Å². The fourth-order valence-corrected chi connectivity index (χ4v) is 2.93. The van der Waals surface area contributed by atoms with E-state index in [4.69, 9.17) is 5.73 Å². The van der Waals surface area contributed by atoms with E-state index in [9.17, 15) is 9.90 Å². The van der Waals surface area contributed by atoms with Crippen molar-refractivity contribution in [2.45, 2.75) is 25.3 Å². The molecule has 19 heavy (non-hydrogen) atoms. The molecule has 0 spiro atoms. The Morgan fingerprint density at radius 1 is 1.42 bits per heavy atom. The van der Waals surface area contributed by atoms with Gasteiger partial charge in [-0.1, -0.05) is 37.3 Å². The van der Waals surface area contributed by atoms with Gasteiger partial charge in [-0.2, -0.15) is 0 Å². The number of carbonyl (C=O) groups is 1. The zero-order chi connectivity index (χ0) is 13.8. The zero-order valence-corrected chi connectivity index (χ0v) is 11.3. The minimum atomic E-state index is -0.766. The summed E-state index contributed by atoms with van der Waals surface area (Å²) in [5.41, 5.74) is 6.88. The third kappa shape index (κ3) is 3.78. The van der Waals surface area contributed by atoms with E-state index in [1.807, 2.05) is 30.3 Å². The predicted octanol–water partition coefficient (Wildman–Crippen LogP) is 1.52. The first-order chi connectivity index (χ1) is 9.06. The molecule has 0 saturated carbocycles. The van der Waals surface area contributed by atoms with Crippen LogP contribution in [0, 0.1) is 5.92 Å². The number of piperidine rings is 1. The van der Waals surface area contributed by atoms with Crippen molar-refractivity contribution >= 4 is 5.97 Å². The SMILES string of the molecule is CC1CC(N)CN(CC(C(=O)O)c2ccccc2)C1. The second-order valence-corrected chi connectivity index (χ2v) is 5.62. The monoisotopic (exact) mass is 262 g/mol. The molecule has 2 rings (SSSR count). The molecule has 1 heterocycles. The molecule has 3 atom stereocenters. The van der Waals surface area contributed by atoms with E-state index in [0.717, 1.165) is 25.1 Å². The Morgan fingerprint density at radius 3 is 2.68 bits per heavy atom. The lowest BCUT2D eigenvalue weighted by atomic mass is 9.93. The van der Waals surface area contributed by atoms with Crippen LogP contribution in [0.3, 0.4) is 0 Å². The Bertz CT molecular complexity index is 411. The summed E-state index contributed by atoms with van der Waals surface area (Å²) in [4.78, 5) is 13.7. The standard InChI is InChI=1S/C15H22N2O2/c1-11-7-13(16)9-17(8-11)10-14(15(18)19)12-5-3-2-4-6-12/h2-6,11,13-14H,7-10,16H2,1H3,(H,18,19). The number of nitrogens with two attached hydrogens (primary N) is 1. The molecule has 1 saturated heterocycles. The number of likely N-dealkylation sites (tertiary alicyclic amines) is 1. The molecule has 0 amide bonds. The molecule has 1 aliphatic heterocycles. The normalized spacial score (nSPS) is 26.0. The molecule has 3 unspecified atom stereocenters. The van der Waals surface area contributed by atoms with E-state index in [2.05, 4.69) is 11.8 Å². The van der Waals surface area contributed by atoms with Gasteiger partial charge < -0.3 is 15.7 Å². The highest BCUT2D eigenvalue weighted by Gasteiger charge is 2.27. The van der Waals surface area contributed by atoms with Crippen molar-refractivity contribution < 1.29 is 9.90 Å². The first-order valence-electron chi connectivity index (χ1n) is 6.82. The lowest BCUT2D eigenvalue weighted by Crippen LogP contribution is -2.48. The van der Waals surface area contributed by atoms with Gasteiger partial charge in [-0.3, -0.25) is 4.79 Å². The lowest BCUT2D eigenvalue weighted by molar-refractivity contribution is -0.139. The molecule has 0 aliphatic carbocycles. The number of hydrogen-bond acceptors (Lipinski definition) is 3. The number of aliphatic carboxylic acids is 1. The maximum Gasteiger partial charge on any atom is 0.312 e. The summed E-state index contributed by atoms with van der Waals surface area (Å²) < 4.78 is 0. The summed E-state index contributed by atoms with van der Waals surface area (Å²) in [6.07, 6.45) is 1.03. The maximum atomic E-state index is 11.5. The van der Waals surface area contributed by atoms with Gasteiger partial charge in [0.25, 0.3) is 0 Å². The van der Waals surface area contributed by atoms with Crippen molar-refractivity contribution in [2.24, 2.45) is 11.7 Å². The van der Waals surface area contributed by atoms with Crippen molar-refractivity contribution in [3.8, 4) is 0 Å². The van der Waals surface area contributed by atoms with Crippen molar-refractivity contribution in [2.75, 3.05) is 19.6 Å². The molecule has 1 aromatic rings. The van der Waals surface area contributed by atoms with Gasteiger partial charge in [0.1, 0.15) is 0 Å². The van der Waals surface area contributed by atoms with Crippen LogP contribution in [0.1, 0.15) is 24.8 Å². The van der Waals surface area contributed by atoms with Crippen LogP contribution >= 0.6 is 0 Å². The topological polar surface area (TPSA) is 66.6 Å². The summed E-state index contributed by atoms with van der Waals surface area (Å²) in [6.45, 7) is 4.44. The largest absolute Gasteiger partial charge is 0.481 e. The molecule has 0 bridgehead atoms. The lowest BCUT2D eigenvalue weighted by Gasteiger charge is -2.36. The van der Waals surface area contributed by atoms with Gasteiger partial charge in [-0.25, -0.2) is 0 Å². The van der Waals surface area contributed by atoms with Crippen LogP contribution in [0.5, 0.6) is 0 Å². The fourth-order valence-electron chi connectivity index (χ4n) is 2.93. The molecular formula is C15H22N2O2. The Hall–Kier alpha value is -1.39. The van der Waals surface area contributed by atoms with Gasteiger partial charge in [-0.05, 0) is 17.9 Å². The van der Waals surface area contributed by atoms with Crippen molar-refractivity contribution in [3.63, 3.8) is 0 Å². The second-order valence-electron chi connectivity index (χ2n) is 5.62. The second kappa shape index (κ2) is 6.17. The Labute approximate surface area is 114 Å². The number of carboxylic acid groups (broad SMARTS) is 1. The average Bonchev–Trinajstić information content (AvgIpc) is 2.35. The predicted molar refractivity (Wildman–Crippen MR) is 75.0 cm³/mol. The van der Waals surface area contributed by atoms with Gasteiger partial charge in [0.15, 0.2) is 0 Å². The van der Waals surface area contributed by atoms with Crippen LogP contribution in [0.4, 0.5) is 0 Å². The van der Waals surface area contributed by atoms with Gasteiger partial charge in [-0.15, -0.1) is 0 Å². The van der Waals surface area contributed by atoms with Crippen LogP contribution in [-0.4, -0.2) is 41.7 Å². The van der Waals surface area contributed by atoms with Crippen LogP contribution in [0.2, 0.25) is 0 Å². The molecule has 0 radical (unpaired) electrons. The number of nitrogens with zero attached hydrogens (tertiary/aromatic N) is 1. The van der Waals surface area contributed by atoms with E-state index in [1.165, 1.54) is 0 Å². The molecule has 3 N–H and O–H groups in total. The summed E-state index contributed by atoms with van der Waals surface area (Å²) in [7, 11) is 0. The van der Waals surface area contributed by atoms with Crippen molar-refractivity contribution in [3.05, 3.63) is 35.9 Å². The van der Waals surface area contributed by atoms with E-state index < -0.39 is 11.9 Å². The number of benzene rings is 1. The van der Waals surface area contributed by atoms with Crippen molar-refractivity contribution in [1.29, 1.82) is 0 Å². The number of rotatable bonds is 4. The molecule has 1 fully saturated rings. The highest BCUT2D eigenvalue weighted by molar-refractivity contribution is 5.76. The van der Waals surface area contributed by atoms with Crippen LogP contribution in [0.25, 0.3) is 0 Å². The van der Waals surface area contributed by atoms with Crippen LogP contribution in [-0.2, 0) is 4.79 Å². The molecule has 0 aromatic heterocycles. The molecular weight excluding hydrogens is 240 g/mol. The van der Waals surface area contributed by atoms with E-state index in [0.29, 0.717) is 12.5 Å². The third-order valence-electron chi connectivity index (χ3n) is 3.71. The van der Waals surface area contributed by atoms with Gasteiger partial charge >= 0.3 is 5.97 Å². The summed E-state index contributed by atoms with van der Waals surface area (Å²) in [5.74, 6) is -0.703. The molecule has 1 aliphatic rings. The summed E-state index contributed by atoms with van der Waals surface area (Å²) in [6, 6.07) is 9.60. The minimum Gasteiger partial charge on any atom is -0.481 e. The van der Waals surface area contributed by atoms with Crippen LogP contribution in [0.15, 0.2) is 30.3 Å².